The number of hydrogen-bond acceptors (Lipinski definition) is 6. The summed E-state index contributed by atoms with van der Waals surface area (Å²) in [5.41, 5.74) is 1.32. The van der Waals surface area contributed by atoms with Crippen LogP contribution in [0.25, 0.3) is 0 Å². The first kappa shape index (κ1) is 18.1. The van der Waals surface area contributed by atoms with E-state index in [1.165, 1.54) is 4.31 Å². The molecule has 3 heterocycles. The second-order valence-electron chi connectivity index (χ2n) is 5.85. The summed E-state index contributed by atoms with van der Waals surface area (Å²) in [6.45, 7) is 3.52. The zero-order valence-corrected chi connectivity index (χ0v) is 15.3. The highest BCUT2D eigenvalue weighted by molar-refractivity contribution is 7.90. The van der Waals surface area contributed by atoms with Gasteiger partial charge in [-0.3, -0.25) is 4.72 Å². The smallest absolute Gasteiger partial charge is 0.302 e. The Labute approximate surface area is 153 Å². The molecule has 0 atom stereocenters. The molecule has 3 rings (SSSR count). The predicted octanol–water partition coefficient (Wildman–Crippen LogP) is 1.39. The van der Waals surface area contributed by atoms with Crippen molar-refractivity contribution in [1.82, 2.24) is 14.3 Å². The summed E-state index contributed by atoms with van der Waals surface area (Å²) in [5.74, 6) is 0.917. The van der Waals surface area contributed by atoms with Gasteiger partial charge in [-0.15, -0.1) is 0 Å². The van der Waals surface area contributed by atoms with Crippen LogP contribution in [0.3, 0.4) is 0 Å². The zero-order valence-electron chi connectivity index (χ0n) is 14.5. The number of nitrogens with one attached hydrogen (secondary N) is 1. The number of anilines is 2. The van der Waals surface area contributed by atoms with Crippen LogP contribution in [0.2, 0.25) is 0 Å². The minimum atomic E-state index is -3.67. The number of piperazine rings is 1. The molecule has 26 heavy (non-hydrogen) atoms. The highest BCUT2D eigenvalue weighted by Crippen LogP contribution is 2.19. The normalized spacial score (nSPS) is 15.5. The molecule has 0 radical (unpaired) electrons. The minimum absolute atomic E-state index is 0.310. The van der Waals surface area contributed by atoms with E-state index in [1.54, 1.807) is 30.5 Å². The van der Waals surface area contributed by atoms with Gasteiger partial charge < -0.3 is 4.90 Å². The fourth-order valence-corrected chi connectivity index (χ4v) is 3.96. The number of hydrogen-bond donors (Lipinski definition) is 1. The summed E-state index contributed by atoms with van der Waals surface area (Å²) in [6, 6.07) is 10.8. The molecule has 0 bridgehead atoms. The molecule has 0 aromatic carbocycles. The van der Waals surface area contributed by atoms with E-state index in [-0.39, 0.29) is 0 Å². The van der Waals surface area contributed by atoms with Gasteiger partial charge in [-0.25, -0.2) is 9.97 Å². The molecule has 9 heteroatoms. The minimum Gasteiger partial charge on any atom is -0.353 e. The molecule has 136 valence electrons. The maximum absolute atomic E-state index is 12.6. The molecule has 0 spiro atoms. The highest BCUT2D eigenvalue weighted by atomic mass is 32.2. The van der Waals surface area contributed by atoms with E-state index in [9.17, 15) is 13.7 Å². The number of aromatic nitrogens is 2. The van der Waals surface area contributed by atoms with Crippen LogP contribution >= 0.6 is 0 Å². The van der Waals surface area contributed by atoms with Crippen molar-refractivity contribution in [3.8, 4) is 6.07 Å². The van der Waals surface area contributed by atoms with Crippen LogP contribution < -0.4 is 9.62 Å². The Morgan fingerprint density at radius 1 is 1.19 bits per heavy atom. The van der Waals surface area contributed by atoms with Gasteiger partial charge in [-0.1, -0.05) is 13.0 Å². The van der Waals surface area contributed by atoms with Crippen molar-refractivity contribution in [3.05, 3.63) is 47.8 Å². The van der Waals surface area contributed by atoms with Gasteiger partial charge in [-0.2, -0.15) is 18.0 Å². The Balaban J connectivity index is 1.68. The molecule has 1 aliphatic rings. The first-order valence-electron chi connectivity index (χ1n) is 8.37. The third-order valence-corrected chi connectivity index (χ3v) is 5.70. The molecule has 2 aromatic rings. The first-order chi connectivity index (χ1) is 12.5. The summed E-state index contributed by atoms with van der Waals surface area (Å²) in [5, 5.41) is 9.20. The summed E-state index contributed by atoms with van der Waals surface area (Å²) >= 11 is 0. The van der Waals surface area contributed by atoms with Crippen LogP contribution in [0, 0.1) is 11.3 Å². The van der Waals surface area contributed by atoms with Crippen molar-refractivity contribution >= 4 is 21.8 Å². The molecule has 0 unspecified atom stereocenters. The van der Waals surface area contributed by atoms with E-state index in [0.717, 1.165) is 12.1 Å². The largest absolute Gasteiger partial charge is 0.353 e. The summed E-state index contributed by atoms with van der Waals surface area (Å²) in [6.07, 6.45) is 2.37. The van der Waals surface area contributed by atoms with Crippen molar-refractivity contribution in [2.45, 2.75) is 13.3 Å². The molecule has 1 fully saturated rings. The standard InChI is InChI=1S/C17H20N6O2S/c1-2-15-6-3-7-16(20-15)21-26(24,25)23-11-9-22(10-12-23)17-14(13-18)5-4-8-19-17/h3-8H,2,9-12H2,1H3,(H,20,21). The highest BCUT2D eigenvalue weighted by Gasteiger charge is 2.28. The molecule has 8 nitrogen and oxygen atoms in total. The Bertz CT molecular complexity index is 917. The summed E-state index contributed by atoms with van der Waals surface area (Å²) in [4.78, 5) is 10.5. The van der Waals surface area contributed by atoms with Crippen LogP contribution in [0.15, 0.2) is 36.5 Å². The van der Waals surface area contributed by atoms with Crippen LogP contribution in [0.5, 0.6) is 0 Å². The Morgan fingerprint density at radius 3 is 2.65 bits per heavy atom. The lowest BCUT2D eigenvalue weighted by molar-refractivity contribution is 0.386. The number of aryl methyl sites for hydroxylation is 1. The van der Waals surface area contributed by atoms with Crippen molar-refractivity contribution in [2.24, 2.45) is 0 Å². The monoisotopic (exact) mass is 372 g/mol. The van der Waals surface area contributed by atoms with E-state index < -0.39 is 10.2 Å². The summed E-state index contributed by atoms with van der Waals surface area (Å²) in [7, 11) is -3.67. The van der Waals surface area contributed by atoms with Gasteiger partial charge in [0.1, 0.15) is 17.7 Å². The maximum Gasteiger partial charge on any atom is 0.302 e. The quantitative estimate of drug-likeness (QED) is 0.851. The predicted molar refractivity (Wildman–Crippen MR) is 98.9 cm³/mol. The topological polar surface area (TPSA) is 102 Å². The summed E-state index contributed by atoms with van der Waals surface area (Å²) < 4.78 is 29.1. The lowest BCUT2D eigenvalue weighted by Crippen LogP contribution is -2.50. The lowest BCUT2D eigenvalue weighted by atomic mass is 10.2. The SMILES string of the molecule is CCc1cccc(NS(=O)(=O)N2CCN(c3ncccc3C#N)CC2)n1. The van der Waals surface area contributed by atoms with Crippen LogP contribution in [0.4, 0.5) is 11.6 Å². The van der Waals surface area contributed by atoms with Gasteiger partial charge in [0.25, 0.3) is 0 Å². The van der Waals surface area contributed by atoms with Crippen molar-refractivity contribution < 1.29 is 8.42 Å². The fourth-order valence-electron chi connectivity index (χ4n) is 2.81. The number of nitrogens with zero attached hydrogens (tertiary/aromatic N) is 5. The molecule has 1 N–H and O–H groups in total. The van der Waals surface area contributed by atoms with Crippen LogP contribution in [-0.2, 0) is 16.6 Å². The number of nitriles is 1. The van der Waals surface area contributed by atoms with E-state index in [1.807, 2.05) is 17.9 Å². The van der Waals surface area contributed by atoms with Gasteiger partial charge in [-0.05, 0) is 30.7 Å². The Kier molecular flexibility index (Phi) is 5.35. The molecular weight excluding hydrogens is 352 g/mol. The van der Waals surface area contributed by atoms with Gasteiger partial charge in [0.15, 0.2) is 0 Å². The van der Waals surface area contributed by atoms with Gasteiger partial charge in [0.05, 0.1) is 5.56 Å². The maximum atomic E-state index is 12.6. The van der Waals surface area contributed by atoms with Crippen LogP contribution in [-0.4, -0.2) is 48.9 Å². The third kappa shape index (κ3) is 3.92. The molecule has 1 aliphatic heterocycles. The molecule has 0 aliphatic carbocycles. The molecular formula is C17H20N6O2S. The first-order valence-corrected chi connectivity index (χ1v) is 9.81. The number of rotatable bonds is 5. The Morgan fingerprint density at radius 2 is 1.96 bits per heavy atom. The second kappa shape index (κ2) is 7.68. The van der Waals surface area contributed by atoms with E-state index >= 15 is 0 Å². The van der Waals surface area contributed by atoms with E-state index in [2.05, 4.69) is 20.8 Å². The Hall–Kier alpha value is -2.70. The molecule has 0 amide bonds. The van der Waals surface area contributed by atoms with Gasteiger partial charge in [0, 0.05) is 38.1 Å². The van der Waals surface area contributed by atoms with Crippen LogP contribution in [0.1, 0.15) is 18.2 Å². The van der Waals surface area contributed by atoms with Gasteiger partial charge in [0.2, 0.25) is 0 Å². The zero-order chi connectivity index (χ0) is 18.6. The lowest BCUT2D eigenvalue weighted by Gasteiger charge is -2.34. The third-order valence-electron chi connectivity index (χ3n) is 4.19. The number of pyridine rings is 2. The molecule has 2 aromatic heterocycles. The van der Waals surface area contributed by atoms with Crippen molar-refractivity contribution in [2.75, 3.05) is 35.8 Å². The van der Waals surface area contributed by atoms with E-state index in [4.69, 9.17) is 0 Å². The van der Waals surface area contributed by atoms with E-state index in [0.29, 0.717) is 43.4 Å². The second-order valence-corrected chi connectivity index (χ2v) is 7.52. The van der Waals surface area contributed by atoms with Gasteiger partial charge >= 0.3 is 10.2 Å². The molecule has 0 saturated carbocycles. The fraction of sp³-hybridized carbons (Fsp3) is 0.353. The molecule has 1 saturated heterocycles. The average molecular weight is 372 g/mol. The van der Waals surface area contributed by atoms with Crippen molar-refractivity contribution in [1.29, 1.82) is 5.26 Å². The average Bonchev–Trinajstić information content (AvgIpc) is 2.68. The van der Waals surface area contributed by atoms with Crippen molar-refractivity contribution in [3.63, 3.8) is 0 Å².